The van der Waals surface area contributed by atoms with Crippen LogP contribution in [0.2, 0.25) is 5.02 Å². The van der Waals surface area contributed by atoms with E-state index in [1.807, 2.05) is 18.2 Å². The molecule has 1 atom stereocenters. The van der Waals surface area contributed by atoms with Crippen LogP contribution >= 0.6 is 11.6 Å². The molecule has 0 saturated carbocycles. The summed E-state index contributed by atoms with van der Waals surface area (Å²) in [6, 6.07) is 7.47. The number of hydrogen-bond acceptors (Lipinski definition) is 4. The molecule has 1 saturated heterocycles. The average molecular weight is 322 g/mol. The highest BCUT2D eigenvalue weighted by atomic mass is 35.5. The zero-order valence-electron chi connectivity index (χ0n) is 12.3. The maximum absolute atomic E-state index is 12.2. The Morgan fingerprint density at radius 2 is 2.27 bits per heavy atom. The number of nitrogens with two attached hydrogens (primary N) is 1. The summed E-state index contributed by atoms with van der Waals surface area (Å²) in [5.74, 6) is 0. The van der Waals surface area contributed by atoms with E-state index in [0.29, 0.717) is 24.7 Å². The highest BCUT2D eigenvalue weighted by molar-refractivity contribution is 6.31. The van der Waals surface area contributed by atoms with Crippen LogP contribution in [0.25, 0.3) is 10.9 Å². The molecule has 0 spiro atoms. The van der Waals surface area contributed by atoms with E-state index in [0.717, 1.165) is 36.0 Å². The van der Waals surface area contributed by atoms with Crippen LogP contribution in [-0.2, 0) is 11.3 Å². The van der Waals surface area contributed by atoms with Crippen molar-refractivity contribution in [1.29, 1.82) is 0 Å². The summed E-state index contributed by atoms with van der Waals surface area (Å²) >= 11 is 5.96. The molecular formula is C16H20ClN3O2. The number of aromatic nitrogens is 1. The molecule has 1 aliphatic heterocycles. The predicted octanol–water partition coefficient (Wildman–Crippen LogP) is 1.73. The van der Waals surface area contributed by atoms with E-state index in [1.54, 1.807) is 6.07 Å². The Morgan fingerprint density at radius 3 is 3.09 bits per heavy atom. The van der Waals surface area contributed by atoms with E-state index < -0.39 is 0 Å². The summed E-state index contributed by atoms with van der Waals surface area (Å²) in [6.45, 7) is 3.58. The number of fused-ring (bicyclic) bond motifs is 1. The van der Waals surface area contributed by atoms with Crippen molar-refractivity contribution in [2.75, 3.05) is 26.2 Å². The summed E-state index contributed by atoms with van der Waals surface area (Å²) in [5, 5.41) is 1.61. The molecule has 3 rings (SSSR count). The van der Waals surface area contributed by atoms with Gasteiger partial charge in [0.25, 0.3) is 5.56 Å². The van der Waals surface area contributed by atoms with Crippen molar-refractivity contribution in [1.82, 2.24) is 9.88 Å². The number of ether oxygens (including phenoxy) is 1. The van der Waals surface area contributed by atoms with Crippen LogP contribution in [0.15, 0.2) is 29.1 Å². The number of morpholine rings is 1. The molecule has 0 aliphatic carbocycles. The molecule has 22 heavy (non-hydrogen) atoms. The number of halogens is 1. The number of nitrogens with one attached hydrogen (secondary N) is 1. The van der Waals surface area contributed by atoms with Gasteiger partial charge in [0.2, 0.25) is 0 Å². The van der Waals surface area contributed by atoms with E-state index in [1.165, 1.54) is 0 Å². The van der Waals surface area contributed by atoms with Gasteiger partial charge in [0.05, 0.1) is 12.7 Å². The Morgan fingerprint density at radius 1 is 1.41 bits per heavy atom. The fourth-order valence-electron chi connectivity index (χ4n) is 2.86. The Labute approximate surface area is 134 Å². The molecule has 118 valence electrons. The first-order valence-electron chi connectivity index (χ1n) is 7.51. The first kappa shape index (κ1) is 15.5. The molecule has 0 unspecified atom stereocenters. The normalized spacial score (nSPS) is 19.6. The van der Waals surface area contributed by atoms with Gasteiger partial charge in [-0.15, -0.1) is 0 Å². The van der Waals surface area contributed by atoms with Crippen LogP contribution < -0.4 is 11.3 Å². The van der Waals surface area contributed by atoms with Crippen LogP contribution in [0.5, 0.6) is 0 Å². The lowest BCUT2D eigenvalue weighted by molar-refractivity contribution is -0.0336. The van der Waals surface area contributed by atoms with Crippen molar-refractivity contribution in [3.8, 4) is 0 Å². The fourth-order valence-corrected chi connectivity index (χ4v) is 3.03. The van der Waals surface area contributed by atoms with Crippen LogP contribution in [-0.4, -0.2) is 42.2 Å². The van der Waals surface area contributed by atoms with Crippen molar-refractivity contribution in [2.45, 2.75) is 19.1 Å². The zero-order chi connectivity index (χ0) is 15.5. The number of hydrogen-bond donors (Lipinski definition) is 2. The van der Waals surface area contributed by atoms with Crippen LogP contribution in [0, 0.1) is 0 Å². The smallest absolute Gasteiger partial charge is 0.252 e. The van der Waals surface area contributed by atoms with Gasteiger partial charge in [0.1, 0.15) is 0 Å². The first-order valence-corrected chi connectivity index (χ1v) is 7.89. The summed E-state index contributed by atoms with van der Waals surface area (Å²) in [7, 11) is 0. The first-order chi connectivity index (χ1) is 10.7. The number of pyridine rings is 1. The van der Waals surface area contributed by atoms with Gasteiger partial charge in [0, 0.05) is 35.7 Å². The summed E-state index contributed by atoms with van der Waals surface area (Å²) < 4.78 is 5.68. The highest BCUT2D eigenvalue weighted by Gasteiger charge is 2.20. The summed E-state index contributed by atoms with van der Waals surface area (Å²) in [6.07, 6.45) is 1.01. The number of aromatic amines is 1. The fraction of sp³-hybridized carbons (Fsp3) is 0.438. The Bertz CT molecular complexity index is 714. The van der Waals surface area contributed by atoms with E-state index in [9.17, 15) is 4.79 Å². The molecule has 0 amide bonds. The standard InChI is InChI=1S/C16H20ClN3O2/c17-13-2-1-11-7-12(16(21)19-15(11)8-13)9-20-5-6-22-14(10-20)3-4-18/h1-2,7-8,14H,3-6,9-10,18H2,(H,19,21)/t14-/m1/s1. The maximum Gasteiger partial charge on any atom is 0.252 e. The van der Waals surface area contributed by atoms with Gasteiger partial charge in [-0.25, -0.2) is 0 Å². The summed E-state index contributed by atoms with van der Waals surface area (Å²) in [5.41, 5.74) is 7.07. The van der Waals surface area contributed by atoms with Gasteiger partial charge in [-0.3, -0.25) is 9.69 Å². The van der Waals surface area contributed by atoms with Crippen molar-refractivity contribution in [3.63, 3.8) is 0 Å². The van der Waals surface area contributed by atoms with Crippen molar-refractivity contribution in [2.24, 2.45) is 5.73 Å². The van der Waals surface area contributed by atoms with Gasteiger partial charge in [0.15, 0.2) is 0 Å². The molecular weight excluding hydrogens is 302 g/mol. The van der Waals surface area contributed by atoms with E-state index in [2.05, 4.69) is 9.88 Å². The maximum atomic E-state index is 12.2. The van der Waals surface area contributed by atoms with E-state index in [4.69, 9.17) is 22.1 Å². The molecule has 1 aromatic heterocycles. The third-order valence-corrected chi connectivity index (χ3v) is 4.23. The minimum absolute atomic E-state index is 0.0587. The number of benzene rings is 1. The Balaban J connectivity index is 1.80. The third kappa shape index (κ3) is 3.50. The second-order valence-corrected chi connectivity index (χ2v) is 6.10. The van der Waals surface area contributed by atoms with Crippen LogP contribution in [0.3, 0.4) is 0 Å². The molecule has 2 aromatic rings. The molecule has 1 fully saturated rings. The van der Waals surface area contributed by atoms with Crippen molar-refractivity contribution in [3.05, 3.63) is 45.2 Å². The molecule has 2 heterocycles. The average Bonchev–Trinajstić information content (AvgIpc) is 2.49. The molecule has 1 aliphatic rings. The number of rotatable bonds is 4. The number of H-pyrrole nitrogens is 1. The molecule has 1 aromatic carbocycles. The van der Waals surface area contributed by atoms with Crippen LogP contribution in [0.1, 0.15) is 12.0 Å². The topological polar surface area (TPSA) is 71.3 Å². The van der Waals surface area contributed by atoms with Gasteiger partial charge >= 0.3 is 0 Å². The minimum Gasteiger partial charge on any atom is -0.376 e. The monoisotopic (exact) mass is 321 g/mol. The van der Waals surface area contributed by atoms with Gasteiger partial charge in [-0.05, 0) is 36.6 Å². The number of nitrogens with zero attached hydrogens (tertiary/aromatic N) is 1. The second kappa shape index (κ2) is 6.79. The lowest BCUT2D eigenvalue weighted by Crippen LogP contribution is -2.43. The lowest BCUT2D eigenvalue weighted by Gasteiger charge is -2.32. The zero-order valence-corrected chi connectivity index (χ0v) is 13.1. The van der Waals surface area contributed by atoms with Gasteiger partial charge < -0.3 is 15.5 Å². The van der Waals surface area contributed by atoms with Crippen LogP contribution in [0.4, 0.5) is 0 Å². The predicted molar refractivity (Wildman–Crippen MR) is 88.3 cm³/mol. The molecule has 5 nitrogen and oxygen atoms in total. The minimum atomic E-state index is -0.0587. The SMILES string of the molecule is NCC[C@@H]1CN(Cc2cc3ccc(Cl)cc3[nH]c2=O)CCO1. The molecule has 0 radical (unpaired) electrons. The quantitative estimate of drug-likeness (QED) is 0.899. The van der Waals surface area contributed by atoms with Crippen molar-refractivity contribution >= 4 is 22.5 Å². The summed E-state index contributed by atoms with van der Waals surface area (Å²) in [4.78, 5) is 17.4. The Hall–Kier alpha value is -1.40. The molecule has 3 N–H and O–H groups in total. The van der Waals surface area contributed by atoms with E-state index in [-0.39, 0.29) is 11.7 Å². The third-order valence-electron chi connectivity index (χ3n) is 3.99. The molecule has 6 heteroatoms. The highest BCUT2D eigenvalue weighted by Crippen LogP contribution is 2.18. The largest absolute Gasteiger partial charge is 0.376 e. The Kier molecular flexibility index (Phi) is 4.78. The van der Waals surface area contributed by atoms with Crippen molar-refractivity contribution < 1.29 is 4.74 Å². The lowest BCUT2D eigenvalue weighted by atomic mass is 10.1. The molecule has 0 bridgehead atoms. The second-order valence-electron chi connectivity index (χ2n) is 5.66. The van der Waals surface area contributed by atoms with Gasteiger partial charge in [-0.2, -0.15) is 0 Å². The van der Waals surface area contributed by atoms with Gasteiger partial charge in [-0.1, -0.05) is 17.7 Å². The van der Waals surface area contributed by atoms with E-state index >= 15 is 0 Å².